The Labute approximate surface area is 171 Å². The minimum Gasteiger partial charge on any atom is -0.350 e. The van der Waals surface area contributed by atoms with Gasteiger partial charge in [-0.05, 0) is 37.8 Å². The van der Waals surface area contributed by atoms with Gasteiger partial charge in [0.2, 0.25) is 11.8 Å². The van der Waals surface area contributed by atoms with Crippen molar-refractivity contribution in [2.24, 2.45) is 0 Å². The molecule has 6 heteroatoms. The third kappa shape index (κ3) is 4.62. The molecule has 2 amide bonds. The van der Waals surface area contributed by atoms with Gasteiger partial charge in [-0.15, -0.1) is 11.3 Å². The molecule has 1 aromatic carbocycles. The topological polar surface area (TPSA) is 52.7 Å². The molecule has 1 atom stereocenters. The van der Waals surface area contributed by atoms with Gasteiger partial charge in [0.25, 0.3) is 0 Å². The molecule has 150 valence electrons. The van der Waals surface area contributed by atoms with E-state index in [4.69, 9.17) is 0 Å². The molecule has 1 aliphatic heterocycles. The zero-order valence-electron chi connectivity index (χ0n) is 16.9. The van der Waals surface area contributed by atoms with Crippen LogP contribution in [0.5, 0.6) is 0 Å². The molecule has 1 N–H and O–H groups in total. The van der Waals surface area contributed by atoms with Crippen LogP contribution in [0.3, 0.4) is 0 Å². The van der Waals surface area contributed by atoms with Crippen molar-refractivity contribution in [2.45, 2.75) is 38.8 Å². The molecule has 28 heavy (non-hydrogen) atoms. The van der Waals surface area contributed by atoms with E-state index in [9.17, 15) is 9.59 Å². The molecule has 3 rings (SSSR count). The van der Waals surface area contributed by atoms with Crippen LogP contribution in [-0.4, -0.2) is 53.8 Å². The van der Waals surface area contributed by atoms with Crippen LogP contribution >= 0.6 is 11.3 Å². The fraction of sp³-hybridized carbons (Fsp3) is 0.455. The average molecular weight is 400 g/mol. The van der Waals surface area contributed by atoms with Gasteiger partial charge in [0, 0.05) is 31.1 Å². The van der Waals surface area contributed by atoms with Crippen molar-refractivity contribution >= 4 is 23.2 Å². The molecule has 0 saturated carbocycles. The highest BCUT2D eigenvalue weighted by Gasteiger charge is 2.36. The zero-order chi connectivity index (χ0) is 20.1. The maximum Gasteiger partial charge on any atom is 0.237 e. The zero-order valence-corrected chi connectivity index (χ0v) is 17.7. The largest absolute Gasteiger partial charge is 0.350 e. The lowest BCUT2D eigenvalue weighted by Gasteiger charge is -2.40. The summed E-state index contributed by atoms with van der Waals surface area (Å²) in [5.41, 5.74) is 0.483. The van der Waals surface area contributed by atoms with E-state index < -0.39 is 5.41 Å². The first-order valence-corrected chi connectivity index (χ1v) is 10.7. The summed E-state index contributed by atoms with van der Waals surface area (Å²) >= 11 is 1.64. The van der Waals surface area contributed by atoms with Crippen molar-refractivity contribution in [1.29, 1.82) is 0 Å². The lowest BCUT2D eigenvalue weighted by atomic mass is 9.83. The van der Waals surface area contributed by atoms with Gasteiger partial charge in [-0.1, -0.05) is 36.4 Å². The van der Waals surface area contributed by atoms with Crippen LogP contribution in [0.1, 0.15) is 31.2 Å². The number of carbonyl (C=O) groups excluding carboxylic acids is 2. The molecule has 0 spiro atoms. The summed E-state index contributed by atoms with van der Waals surface area (Å²) in [5.74, 6) is 0.186. The number of nitrogens with one attached hydrogen (secondary N) is 1. The van der Waals surface area contributed by atoms with Crippen LogP contribution in [0.2, 0.25) is 0 Å². The molecular weight excluding hydrogens is 370 g/mol. The van der Waals surface area contributed by atoms with Crippen molar-refractivity contribution in [2.75, 3.05) is 26.2 Å². The predicted octanol–water partition coefficient (Wildman–Crippen LogP) is 2.87. The average Bonchev–Trinajstić information content (AvgIpc) is 3.25. The molecule has 0 aliphatic carbocycles. The van der Waals surface area contributed by atoms with E-state index >= 15 is 0 Å². The SMILES string of the molecule is CC(C(=O)NCc1cccs1)N1CCN(C(=O)C(C)(C)c2ccccc2)CC1. The Morgan fingerprint density at radius 3 is 2.36 bits per heavy atom. The van der Waals surface area contributed by atoms with Gasteiger partial charge in [-0.25, -0.2) is 0 Å². The van der Waals surface area contributed by atoms with E-state index in [0.717, 1.165) is 10.4 Å². The van der Waals surface area contributed by atoms with Crippen molar-refractivity contribution in [3.05, 3.63) is 58.3 Å². The second-order valence-electron chi connectivity index (χ2n) is 7.79. The molecule has 5 nitrogen and oxygen atoms in total. The number of hydrogen-bond donors (Lipinski definition) is 1. The first-order chi connectivity index (χ1) is 13.4. The Kier molecular flexibility index (Phi) is 6.52. The summed E-state index contributed by atoms with van der Waals surface area (Å²) in [6, 6.07) is 13.7. The van der Waals surface area contributed by atoms with Crippen molar-refractivity contribution in [3.63, 3.8) is 0 Å². The quantitative estimate of drug-likeness (QED) is 0.813. The molecular formula is C22H29N3O2S. The fourth-order valence-corrected chi connectivity index (χ4v) is 4.23. The third-order valence-electron chi connectivity index (χ3n) is 5.58. The van der Waals surface area contributed by atoms with Crippen LogP contribution in [-0.2, 0) is 21.5 Å². The molecule has 0 radical (unpaired) electrons. The van der Waals surface area contributed by atoms with E-state index in [2.05, 4.69) is 10.2 Å². The van der Waals surface area contributed by atoms with Gasteiger partial charge >= 0.3 is 0 Å². The van der Waals surface area contributed by atoms with Crippen LogP contribution in [0, 0.1) is 0 Å². The van der Waals surface area contributed by atoms with E-state index in [0.29, 0.717) is 32.7 Å². The van der Waals surface area contributed by atoms with Crippen molar-refractivity contribution < 1.29 is 9.59 Å². The summed E-state index contributed by atoms with van der Waals surface area (Å²) in [4.78, 5) is 30.8. The van der Waals surface area contributed by atoms with Crippen LogP contribution in [0.25, 0.3) is 0 Å². The number of thiophene rings is 1. The number of hydrogen-bond acceptors (Lipinski definition) is 4. The first-order valence-electron chi connectivity index (χ1n) is 9.78. The van der Waals surface area contributed by atoms with Crippen molar-refractivity contribution in [3.8, 4) is 0 Å². The standard InChI is InChI=1S/C22H29N3O2S/c1-17(20(26)23-16-19-10-7-15-28-19)24-11-13-25(14-12-24)21(27)22(2,3)18-8-5-4-6-9-18/h4-10,15,17H,11-14,16H2,1-3H3,(H,23,26). The van der Waals surface area contributed by atoms with Crippen LogP contribution < -0.4 is 5.32 Å². The maximum atomic E-state index is 13.1. The summed E-state index contributed by atoms with van der Waals surface area (Å²) < 4.78 is 0. The number of carbonyl (C=O) groups is 2. The monoisotopic (exact) mass is 399 g/mol. The van der Waals surface area contributed by atoms with Gasteiger partial charge in [-0.3, -0.25) is 14.5 Å². The third-order valence-corrected chi connectivity index (χ3v) is 6.45. The predicted molar refractivity (Wildman–Crippen MR) is 113 cm³/mol. The lowest BCUT2D eigenvalue weighted by Crippen LogP contribution is -2.57. The molecule has 1 aliphatic rings. The molecule has 1 unspecified atom stereocenters. The number of rotatable bonds is 6. The van der Waals surface area contributed by atoms with Gasteiger partial charge in [0.05, 0.1) is 18.0 Å². The highest BCUT2D eigenvalue weighted by atomic mass is 32.1. The van der Waals surface area contributed by atoms with E-state index in [1.165, 1.54) is 0 Å². The number of benzene rings is 1. The fourth-order valence-electron chi connectivity index (χ4n) is 3.59. The Hall–Kier alpha value is -2.18. The minimum atomic E-state index is -0.548. The van der Waals surface area contributed by atoms with Gasteiger partial charge in [0.1, 0.15) is 0 Å². The second-order valence-corrected chi connectivity index (χ2v) is 8.82. The highest BCUT2D eigenvalue weighted by molar-refractivity contribution is 7.09. The van der Waals surface area contributed by atoms with E-state index in [-0.39, 0.29) is 17.9 Å². The number of nitrogens with zero attached hydrogens (tertiary/aromatic N) is 2. The minimum absolute atomic E-state index is 0.0396. The van der Waals surface area contributed by atoms with Gasteiger partial charge < -0.3 is 10.2 Å². The molecule has 1 fully saturated rings. The Balaban J connectivity index is 1.52. The molecule has 0 bridgehead atoms. The molecule has 1 aromatic heterocycles. The Bertz CT molecular complexity index is 781. The summed E-state index contributed by atoms with van der Waals surface area (Å²) in [6.07, 6.45) is 0. The maximum absolute atomic E-state index is 13.1. The smallest absolute Gasteiger partial charge is 0.237 e. The summed E-state index contributed by atoms with van der Waals surface area (Å²) in [7, 11) is 0. The van der Waals surface area contributed by atoms with Crippen LogP contribution in [0.4, 0.5) is 0 Å². The van der Waals surface area contributed by atoms with Gasteiger partial charge in [-0.2, -0.15) is 0 Å². The Morgan fingerprint density at radius 2 is 1.75 bits per heavy atom. The lowest BCUT2D eigenvalue weighted by molar-refractivity contribution is -0.139. The van der Waals surface area contributed by atoms with Crippen molar-refractivity contribution in [1.82, 2.24) is 15.1 Å². The van der Waals surface area contributed by atoms with Crippen LogP contribution in [0.15, 0.2) is 47.8 Å². The van der Waals surface area contributed by atoms with E-state index in [1.54, 1.807) is 11.3 Å². The second kappa shape index (κ2) is 8.88. The number of piperazine rings is 1. The molecule has 2 aromatic rings. The Morgan fingerprint density at radius 1 is 1.07 bits per heavy atom. The normalized spacial score (nSPS) is 16.6. The van der Waals surface area contributed by atoms with E-state index in [1.807, 2.05) is 73.5 Å². The first kappa shape index (κ1) is 20.6. The highest BCUT2D eigenvalue weighted by Crippen LogP contribution is 2.26. The summed E-state index contributed by atoms with van der Waals surface area (Å²) in [5, 5.41) is 5.02. The number of amides is 2. The molecule has 2 heterocycles. The molecule has 1 saturated heterocycles. The summed E-state index contributed by atoms with van der Waals surface area (Å²) in [6.45, 7) is 9.21. The van der Waals surface area contributed by atoms with Gasteiger partial charge in [0.15, 0.2) is 0 Å².